The average molecular weight is 254 g/mol. The van der Waals surface area contributed by atoms with E-state index in [1.165, 1.54) is 0 Å². The normalized spacial score (nSPS) is 29.1. The van der Waals surface area contributed by atoms with Gasteiger partial charge in [0.25, 0.3) is 0 Å². The zero-order valence-corrected chi connectivity index (χ0v) is 12.4. The topological polar surface area (TPSA) is 49.4 Å². The third-order valence-corrected chi connectivity index (χ3v) is 3.64. The summed E-state index contributed by atoms with van der Waals surface area (Å²) in [4.78, 5) is 26.6. The van der Waals surface area contributed by atoms with Gasteiger partial charge in [-0.3, -0.25) is 9.59 Å². The van der Waals surface area contributed by atoms with Crippen LogP contribution in [0.25, 0.3) is 0 Å². The summed E-state index contributed by atoms with van der Waals surface area (Å²) >= 11 is 0. The fraction of sp³-hybridized carbons (Fsp3) is 0.857. The van der Waals surface area contributed by atoms with Crippen molar-refractivity contribution in [1.82, 2.24) is 10.2 Å². The van der Waals surface area contributed by atoms with Gasteiger partial charge in [-0.1, -0.05) is 34.6 Å². The molecule has 0 saturated carbocycles. The lowest BCUT2D eigenvalue weighted by molar-refractivity contribution is -0.156. The van der Waals surface area contributed by atoms with E-state index in [-0.39, 0.29) is 23.8 Å². The molecule has 1 saturated heterocycles. The van der Waals surface area contributed by atoms with Crippen LogP contribution in [0.2, 0.25) is 0 Å². The Kier molecular flexibility index (Phi) is 4.41. The van der Waals surface area contributed by atoms with Crippen LogP contribution in [0.15, 0.2) is 0 Å². The number of carbonyl (C=O) groups excluding carboxylic acids is 2. The van der Waals surface area contributed by atoms with Crippen LogP contribution in [0, 0.1) is 11.8 Å². The summed E-state index contributed by atoms with van der Waals surface area (Å²) in [5.41, 5.74) is -0.739. The van der Waals surface area contributed by atoms with E-state index in [1.54, 1.807) is 4.90 Å². The summed E-state index contributed by atoms with van der Waals surface area (Å²) < 4.78 is 0. The minimum Gasteiger partial charge on any atom is -0.340 e. The highest BCUT2D eigenvalue weighted by atomic mass is 16.2. The molecule has 0 aromatic carbocycles. The van der Waals surface area contributed by atoms with Gasteiger partial charge in [0.1, 0.15) is 11.6 Å². The average Bonchev–Trinajstić information content (AvgIpc) is 2.24. The molecule has 0 spiro atoms. The first-order valence-corrected chi connectivity index (χ1v) is 6.86. The van der Waals surface area contributed by atoms with Crippen LogP contribution in [0.1, 0.15) is 48.0 Å². The van der Waals surface area contributed by atoms with Crippen LogP contribution >= 0.6 is 0 Å². The van der Waals surface area contributed by atoms with Crippen LogP contribution in [-0.2, 0) is 9.59 Å². The van der Waals surface area contributed by atoms with Crippen LogP contribution < -0.4 is 5.32 Å². The smallest absolute Gasteiger partial charge is 0.248 e. The summed E-state index contributed by atoms with van der Waals surface area (Å²) in [6, 6.07) is -0.334. The maximum Gasteiger partial charge on any atom is 0.248 e. The van der Waals surface area contributed by atoms with Crippen LogP contribution in [0.4, 0.5) is 0 Å². The molecular formula is C14H26N2O2. The number of nitrogens with zero attached hydrogens (tertiary/aromatic N) is 1. The van der Waals surface area contributed by atoms with Gasteiger partial charge >= 0.3 is 0 Å². The van der Waals surface area contributed by atoms with Gasteiger partial charge in [-0.05, 0) is 25.2 Å². The van der Waals surface area contributed by atoms with Crippen molar-refractivity contribution in [3.05, 3.63) is 0 Å². The molecule has 4 nitrogen and oxygen atoms in total. The van der Waals surface area contributed by atoms with Gasteiger partial charge in [-0.2, -0.15) is 0 Å². The first-order valence-electron chi connectivity index (χ1n) is 6.86. The first kappa shape index (κ1) is 15.0. The minimum absolute atomic E-state index is 0.0189. The summed E-state index contributed by atoms with van der Waals surface area (Å²) in [6.45, 7) is 12.5. The second kappa shape index (κ2) is 5.29. The molecular weight excluding hydrogens is 228 g/mol. The lowest BCUT2D eigenvalue weighted by Gasteiger charge is -2.46. The van der Waals surface area contributed by atoms with Crippen LogP contribution in [0.5, 0.6) is 0 Å². The molecule has 1 aliphatic heterocycles. The molecule has 104 valence electrons. The zero-order valence-electron chi connectivity index (χ0n) is 12.4. The van der Waals surface area contributed by atoms with Gasteiger partial charge in [0.15, 0.2) is 0 Å². The molecule has 1 fully saturated rings. The molecule has 18 heavy (non-hydrogen) atoms. The number of hydrogen-bond donors (Lipinski definition) is 1. The Morgan fingerprint density at radius 1 is 1.28 bits per heavy atom. The van der Waals surface area contributed by atoms with E-state index in [0.29, 0.717) is 18.9 Å². The predicted molar refractivity (Wildman–Crippen MR) is 72.0 cm³/mol. The molecule has 0 radical (unpaired) electrons. The highest BCUT2D eigenvalue weighted by Crippen LogP contribution is 2.25. The van der Waals surface area contributed by atoms with Crippen molar-refractivity contribution in [2.45, 2.75) is 59.5 Å². The molecule has 2 amide bonds. The van der Waals surface area contributed by atoms with Crippen molar-refractivity contribution in [2.75, 3.05) is 6.54 Å². The Labute approximate surface area is 110 Å². The molecule has 1 rings (SSSR count). The molecule has 0 aromatic rings. The highest BCUT2D eigenvalue weighted by molar-refractivity contribution is 5.99. The monoisotopic (exact) mass is 254 g/mol. The lowest BCUT2D eigenvalue weighted by atomic mass is 9.88. The van der Waals surface area contributed by atoms with Gasteiger partial charge in [0.2, 0.25) is 11.8 Å². The van der Waals surface area contributed by atoms with Crippen molar-refractivity contribution in [2.24, 2.45) is 11.8 Å². The Bertz CT molecular complexity index is 339. The predicted octanol–water partition coefficient (Wildman–Crippen LogP) is 1.79. The van der Waals surface area contributed by atoms with Gasteiger partial charge in [0.05, 0.1) is 0 Å². The van der Waals surface area contributed by atoms with E-state index in [0.717, 1.165) is 0 Å². The molecule has 2 unspecified atom stereocenters. The number of carbonyl (C=O) groups is 2. The Morgan fingerprint density at radius 3 is 2.22 bits per heavy atom. The molecule has 1 N–H and O–H groups in total. The van der Waals surface area contributed by atoms with Crippen LogP contribution in [-0.4, -0.2) is 34.8 Å². The number of nitrogens with one attached hydrogen (secondary N) is 1. The van der Waals surface area contributed by atoms with Crippen molar-refractivity contribution >= 4 is 11.8 Å². The maximum atomic E-state index is 12.6. The summed E-state index contributed by atoms with van der Waals surface area (Å²) in [5, 5.41) is 2.90. The number of amides is 2. The van der Waals surface area contributed by atoms with E-state index < -0.39 is 5.54 Å². The van der Waals surface area contributed by atoms with E-state index in [2.05, 4.69) is 19.2 Å². The second-order valence-corrected chi connectivity index (χ2v) is 6.22. The fourth-order valence-electron chi connectivity index (χ4n) is 2.48. The van der Waals surface area contributed by atoms with Crippen molar-refractivity contribution < 1.29 is 9.59 Å². The third-order valence-electron chi connectivity index (χ3n) is 3.64. The number of rotatable bonds is 4. The molecule has 1 aliphatic rings. The Morgan fingerprint density at radius 2 is 1.83 bits per heavy atom. The van der Waals surface area contributed by atoms with E-state index in [4.69, 9.17) is 0 Å². The zero-order chi connectivity index (χ0) is 14.1. The highest BCUT2D eigenvalue weighted by Gasteiger charge is 2.47. The van der Waals surface area contributed by atoms with Gasteiger partial charge in [0, 0.05) is 6.54 Å². The van der Waals surface area contributed by atoms with Crippen molar-refractivity contribution in [3.8, 4) is 0 Å². The van der Waals surface area contributed by atoms with Gasteiger partial charge in [-0.15, -0.1) is 0 Å². The second-order valence-electron chi connectivity index (χ2n) is 6.22. The molecule has 1 heterocycles. The van der Waals surface area contributed by atoms with Crippen molar-refractivity contribution in [3.63, 3.8) is 0 Å². The third kappa shape index (κ3) is 2.68. The lowest BCUT2D eigenvalue weighted by Crippen LogP contribution is -2.70. The fourth-order valence-corrected chi connectivity index (χ4v) is 2.48. The Balaban J connectivity index is 3.09. The van der Waals surface area contributed by atoms with E-state index in [9.17, 15) is 9.59 Å². The molecule has 0 bridgehead atoms. The maximum absolute atomic E-state index is 12.6. The molecule has 2 atom stereocenters. The summed E-state index contributed by atoms with van der Waals surface area (Å²) in [6.07, 6.45) is 0.622. The largest absolute Gasteiger partial charge is 0.340 e. The quantitative estimate of drug-likeness (QED) is 0.831. The minimum atomic E-state index is -0.739. The summed E-state index contributed by atoms with van der Waals surface area (Å²) in [7, 11) is 0. The molecule has 4 heteroatoms. The van der Waals surface area contributed by atoms with Gasteiger partial charge in [-0.25, -0.2) is 0 Å². The first-order chi connectivity index (χ1) is 8.23. The molecule has 0 aliphatic carbocycles. The standard InChI is InChI=1S/C14H26N2O2/c1-7-14(6)13(18)16(8-9(2)3)11(10(4)5)12(17)15-14/h9-11H,7-8H2,1-6H3,(H,15,17). The van der Waals surface area contributed by atoms with Crippen LogP contribution in [0.3, 0.4) is 0 Å². The summed E-state index contributed by atoms with van der Waals surface area (Å²) in [5.74, 6) is 0.530. The Hall–Kier alpha value is -1.06. The van der Waals surface area contributed by atoms with Gasteiger partial charge < -0.3 is 10.2 Å². The number of hydrogen-bond acceptors (Lipinski definition) is 2. The van der Waals surface area contributed by atoms with E-state index >= 15 is 0 Å². The van der Waals surface area contributed by atoms with Crippen molar-refractivity contribution in [1.29, 1.82) is 0 Å². The number of piperazine rings is 1. The molecule has 0 aromatic heterocycles. The SMILES string of the molecule is CCC1(C)NC(=O)C(C(C)C)N(CC(C)C)C1=O. The van der Waals surface area contributed by atoms with E-state index in [1.807, 2.05) is 27.7 Å².